The maximum absolute atomic E-state index is 11.2. The van der Waals surface area contributed by atoms with Gasteiger partial charge >= 0.3 is 0 Å². The SMILES string of the molecule is O=C1C=CC(=O)c2ccccc21.[Pt]. The van der Waals surface area contributed by atoms with Gasteiger partial charge in [0.25, 0.3) is 0 Å². The third kappa shape index (κ3) is 1.68. The van der Waals surface area contributed by atoms with Crippen LogP contribution in [-0.4, -0.2) is 11.6 Å². The van der Waals surface area contributed by atoms with E-state index in [2.05, 4.69) is 0 Å². The number of benzene rings is 1. The van der Waals surface area contributed by atoms with Crippen molar-refractivity contribution in [1.29, 1.82) is 0 Å². The molecular formula is C10H6O2Pt. The molecule has 0 aromatic heterocycles. The quantitative estimate of drug-likeness (QED) is 0.710. The Morgan fingerprint density at radius 1 is 0.769 bits per heavy atom. The molecule has 2 rings (SSSR count). The first-order valence-electron chi connectivity index (χ1n) is 3.65. The van der Waals surface area contributed by atoms with E-state index in [0.717, 1.165) is 0 Å². The summed E-state index contributed by atoms with van der Waals surface area (Å²) in [6.07, 6.45) is 2.62. The van der Waals surface area contributed by atoms with Crippen LogP contribution in [0, 0.1) is 0 Å². The normalized spacial score (nSPS) is 13.5. The van der Waals surface area contributed by atoms with E-state index in [1.54, 1.807) is 24.3 Å². The van der Waals surface area contributed by atoms with E-state index in [1.807, 2.05) is 0 Å². The van der Waals surface area contributed by atoms with Crippen molar-refractivity contribution in [3.8, 4) is 0 Å². The van der Waals surface area contributed by atoms with Crippen molar-refractivity contribution < 1.29 is 30.7 Å². The van der Waals surface area contributed by atoms with Crippen LogP contribution in [0.5, 0.6) is 0 Å². The van der Waals surface area contributed by atoms with Gasteiger partial charge in [0, 0.05) is 32.2 Å². The van der Waals surface area contributed by atoms with Gasteiger partial charge in [0.15, 0.2) is 11.6 Å². The molecule has 2 nitrogen and oxygen atoms in total. The van der Waals surface area contributed by atoms with Crippen molar-refractivity contribution in [3.63, 3.8) is 0 Å². The molecule has 3 heteroatoms. The van der Waals surface area contributed by atoms with Gasteiger partial charge in [-0.1, -0.05) is 24.3 Å². The van der Waals surface area contributed by atoms with Crippen LogP contribution in [-0.2, 0) is 21.1 Å². The molecule has 0 fully saturated rings. The smallest absolute Gasteiger partial charge is 0.186 e. The van der Waals surface area contributed by atoms with Gasteiger partial charge in [-0.2, -0.15) is 0 Å². The fourth-order valence-electron chi connectivity index (χ4n) is 1.24. The Hall–Kier alpha value is -1.01. The average molecular weight is 353 g/mol. The Morgan fingerprint density at radius 2 is 1.15 bits per heavy atom. The third-order valence-electron chi connectivity index (χ3n) is 1.84. The average Bonchev–Trinajstić information content (AvgIpc) is 2.12. The summed E-state index contributed by atoms with van der Waals surface area (Å²) in [7, 11) is 0. The van der Waals surface area contributed by atoms with E-state index in [-0.39, 0.29) is 32.6 Å². The summed E-state index contributed by atoms with van der Waals surface area (Å²) in [5.74, 6) is -0.185. The largest absolute Gasteiger partial charge is 0.289 e. The molecule has 0 N–H and O–H groups in total. The zero-order valence-corrected chi connectivity index (χ0v) is 8.87. The van der Waals surface area contributed by atoms with E-state index in [0.29, 0.717) is 11.1 Å². The molecule has 0 amide bonds. The first-order valence-corrected chi connectivity index (χ1v) is 3.65. The maximum atomic E-state index is 11.2. The molecule has 0 bridgehead atoms. The standard InChI is InChI=1S/C10H6O2.Pt/c11-9-5-6-10(12)8-4-2-1-3-7(8)9;/h1-6H;. The van der Waals surface area contributed by atoms with E-state index in [9.17, 15) is 9.59 Å². The van der Waals surface area contributed by atoms with Crippen LogP contribution in [0.1, 0.15) is 20.7 Å². The van der Waals surface area contributed by atoms with Crippen LogP contribution in [0.3, 0.4) is 0 Å². The molecule has 0 radical (unpaired) electrons. The second kappa shape index (κ2) is 3.80. The molecule has 68 valence electrons. The second-order valence-electron chi connectivity index (χ2n) is 2.61. The van der Waals surface area contributed by atoms with Gasteiger partial charge in [0.05, 0.1) is 0 Å². The molecule has 0 heterocycles. The Bertz CT molecular complexity index is 357. The minimum Gasteiger partial charge on any atom is -0.289 e. The summed E-state index contributed by atoms with van der Waals surface area (Å²) in [4.78, 5) is 22.4. The van der Waals surface area contributed by atoms with Gasteiger partial charge in [0.1, 0.15) is 0 Å². The van der Waals surface area contributed by atoms with Crippen LogP contribution in [0.15, 0.2) is 36.4 Å². The van der Waals surface area contributed by atoms with E-state index < -0.39 is 0 Å². The molecule has 1 aromatic carbocycles. The predicted molar refractivity (Wildman–Crippen MR) is 44.2 cm³/mol. The van der Waals surface area contributed by atoms with Gasteiger partial charge < -0.3 is 0 Å². The first kappa shape index (κ1) is 10.1. The molecule has 0 aliphatic heterocycles. The Kier molecular flexibility index (Phi) is 2.94. The zero-order valence-electron chi connectivity index (χ0n) is 6.60. The van der Waals surface area contributed by atoms with E-state index in [1.165, 1.54) is 12.2 Å². The number of hydrogen-bond donors (Lipinski definition) is 0. The molecule has 1 aliphatic carbocycles. The van der Waals surface area contributed by atoms with Crippen LogP contribution < -0.4 is 0 Å². The molecule has 0 atom stereocenters. The Balaban J connectivity index is 0.000000845. The summed E-state index contributed by atoms with van der Waals surface area (Å²) < 4.78 is 0. The van der Waals surface area contributed by atoms with Gasteiger partial charge in [0.2, 0.25) is 0 Å². The van der Waals surface area contributed by atoms with Crippen molar-refractivity contribution in [1.82, 2.24) is 0 Å². The number of fused-ring (bicyclic) bond motifs is 1. The molecule has 0 saturated heterocycles. The van der Waals surface area contributed by atoms with Gasteiger partial charge in [-0.05, 0) is 12.2 Å². The summed E-state index contributed by atoms with van der Waals surface area (Å²) >= 11 is 0. The van der Waals surface area contributed by atoms with Crippen molar-refractivity contribution in [2.24, 2.45) is 0 Å². The number of hydrogen-bond acceptors (Lipinski definition) is 2. The number of ketones is 2. The molecule has 0 unspecified atom stereocenters. The fourth-order valence-corrected chi connectivity index (χ4v) is 1.24. The monoisotopic (exact) mass is 353 g/mol. The van der Waals surface area contributed by atoms with Gasteiger partial charge in [-0.15, -0.1) is 0 Å². The topological polar surface area (TPSA) is 34.1 Å². The van der Waals surface area contributed by atoms with Crippen LogP contribution in [0.2, 0.25) is 0 Å². The van der Waals surface area contributed by atoms with E-state index in [4.69, 9.17) is 0 Å². The van der Waals surface area contributed by atoms with Crippen molar-refractivity contribution in [2.75, 3.05) is 0 Å². The third-order valence-corrected chi connectivity index (χ3v) is 1.84. The minimum absolute atomic E-state index is 0. The molecule has 1 aromatic rings. The first-order chi connectivity index (χ1) is 5.79. The molecule has 0 spiro atoms. The number of rotatable bonds is 0. The summed E-state index contributed by atoms with van der Waals surface area (Å²) in [6.45, 7) is 0. The van der Waals surface area contributed by atoms with Crippen molar-refractivity contribution in [3.05, 3.63) is 47.5 Å². The van der Waals surface area contributed by atoms with Crippen molar-refractivity contribution >= 4 is 11.6 Å². The Morgan fingerprint density at radius 3 is 1.54 bits per heavy atom. The van der Waals surface area contributed by atoms with Crippen LogP contribution in [0.25, 0.3) is 0 Å². The molecule has 13 heavy (non-hydrogen) atoms. The second-order valence-corrected chi connectivity index (χ2v) is 2.61. The van der Waals surface area contributed by atoms with Gasteiger partial charge in [-0.3, -0.25) is 9.59 Å². The van der Waals surface area contributed by atoms with Crippen LogP contribution in [0.4, 0.5) is 0 Å². The molecule has 0 saturated carbocycles. The van der Waals surface area contributed by atoms with E-state index >= 15 is 0 Å². The molecule has 1 aliphatic rings. The maximum Gasteiger partial charge on any atom is 0.186 e. The number of carbonyl (C=O) groups is 2. The number of allylic oxidation sites excluding steroid dienone is 2. The molecular weight excluding hydrogens is 347 g/mol. The summed E-state index contributed by atoms with van der Waals surface area (Å²) in [5, 5.41) is 0. The Labute approximate surface area is 89.9 Å². The fraction of sp³-hybridized carbons (Fsp3) is 0. The summed E-state index contributed by atoms with van der Waals surface area (Å²) in [5.41, 5.74) is 1.01. The predicted octanol–water partition coefficient (Wildman–Crippen LogP) is 1.62. The van der Waals surface area contributed by atoms with Gasteiger partial charge in [-0.25, -0.2) is 0 Å². The van der Waals surface area contributed by atoms with Crippen LogP contribution >= 0.6 is 0 Å². The zero-order chi connectivity index (χ0) is 8.55. The minimum atomic E-state index is -0.0924. The summed E-state index contributed by atoms with van der Waals surface area (Å²) in [6, 6.07) is 6.84. The number of carbonyl (C=O) groups excluding carboxylic acids is 2. The van der Waals surface area contributed by atoms with Crippen molar-refractivity contribution in [2.45, 2.75) is 0 Å².